The topological polar surface area (TPSA) is 49.3 Å². The summed E-state index contributed by atoms with van der Waals surface area (Å²) in [6.07, 6.45) is 0. The number of carbonyl (C=O) groups is 1. The zero-order valence-electron chi connectivity index (χ0n) is 11.3. The predicted molar refractivity (Wildman–Crippen MR) is 65.3 cm³/mol. The Morgan fingerprint density at radius 3 is 2.00 bits per heavy atom. The summed E-state index contributed by atoms with van der Waals surface area (Å²) in [4.78, 5) is 10.9. The summed E-state index contributed by atoms with van der Waals surface area (Å²) in [5.41, 5.74) is 0.0594. The molecule has 3 nitrogen and oxygen atoms in total. The van der Waals surface area contributed by atoms with Gasteiger partial charge in [0.1, 0.15) is 0 Å². The van der Waals surface area contributed by atoms with E-state index in [9.17, 15) is 4.79 Å². The van der Waals surface area contributed by atoms with Gasteiger partial charge in [-0.2, -0.15) is 0 Å². The Kier molecular flexibility index (Phi) is 3.14. The van der Waals surface area contributed by atoms with Crippen LogP contribution < -0.4 is 5.32 Å². The lowest BCUT2D eigenvalue weighted by molar-refractivity contribution is -0.146. The third-order valence-corrected chi connectivity index (χ3v) is 4.81. The number of carboxylic acid groups (broad SMARTS) is 1. The zero-order valence-corrected chi connectivity index (χ0v) is 11.3. The van der Waals surface area contributed by atoms with E-state index in [2.05, 4.69) is 33.0 Å². The molecule has 1 aliphatic rings. The van der Waals surface area contributed by atoms with Crippen molar-refractivity contribution in [1.29, 1.82) is 0 Å². The van der Waals surface area contributed by atoms with Gasteiger partial charge >= 0.3 is 5.97 Å². The monoisotopic (exact) mass is 227 g/mol. The maximum Gasteiger partial charge on any atom is 0.310 e. The van der Waals surface area contributed by atoms with Crippen molar-refractivity contribution < 1.29 is 9.90 Å². The normalized spacial score (nSPS) is 23.1. The van der Waals surface area contributed by atoms with Crippen LogP contribution in [-0.4, -0.2) is 24.2 Å². The molecule has 94 valence electrons. The molecule has 1 fully saturated rings. The second-order valence-electron chi connectivity index (χ2n) is 6.82. The highest BCUT2D eigenvalue weighted by Gasteiger charge is 2.63. The summed E-state index contributed by atoms with van der Waals surface area (Å²) in [6, 6.07) is 0. The van der Waals surface area contributed by atoms with Gasteiger partial charge in [-0.15, -0.1) is 0 Å². The third-order valence-electron chi connectivity index (χ3n) is 4.81. The smallest absolute Gasteiger partial charge is 0.310 e. The number of carboxylic acids is 1. The summed E-state index contributed by atoms with van der Waals surface area (Å²) in [6.45, 7) is 14.1. The zero-order chi connectivity index (χ0) is 12.8. The Morgan fingerprint density at radius 2 is 1.69 bits per heavy atom. The molecule has 1 saturated carbocycles. The van der Waals surface area contributed by atoms with Gasteiger partial charge in [0, 0.05) is 6.54 Å². The summed E-state index contributed by atoms with van der Waals surface area (Å²) in [5.74, 6) is -0.0982. The van der Waals surface area contributed by atoms with Crippen LogP contribution in [0.1, 0.15) is 41.5 Å². The third kappa shape index (κ3) is 2.10. The van der Waals surface area contributed by atoms with E-state index in [0.717, 1.165) is 6.54 Å². The van der Waals surface area contributed by atoms with Crippen LogP contribution in [0.5, 0.6) is 0 Å². The van der Waals surface area contributed by atoms with Crippen molar-refractivity contribution in [3.8, 4) is 0 Å². The maximum atomic E-state index is 10.9. The van der Waals surface area contributed by atoms with Gasteiger partial charge in [0.2, 0.25) is 0 Å². The molecule has 3 heteroatoms. The van der Waals surface area contributed by atoms with Crippen molar-refractivity contribution in [1.82, 2.24) is 5.32 Å². The molecule has 0 aromatic rings. The van der Waals surface area contributed by atoms with Crippen molar-refractivity contribution in [3.63, 3.8) is 0 Å². The van der Waals surface area contributed by atoms with Crippen LogP contribution in [0.15, 0.2) is 0 Å². The molecule has 2 N–H and O–H groups in total. The van der Waals surface area contributed by atoms with E-state index in [1.807, 2.05) is 0 Å². The molecule has 16 heavy (non-hydrogen) atoms. The molecule has 0 atom stereocenters. The van der Waals surface area contributed by atoms with E-state index in [1.54, 1.807) is 13.8 Å². The Balaban J connectivity index is 2.37. The Bertz CT molecular complexity index is 278. The van der Waals surface area contributed by atoms with Crippen LogP contribution in [-0.2, 0) is 4.79 Å². The summed E-state index contributed by atoms with van der Waals surface area (Å²) >= 11 is 0. The largest absolute Gasteiger partial charge is 0.481 e. The number of aliphatic carboxylic acids is 1. The second-order valence-corrected chi connectivity index (χ2v) is 6.82. The Morgan fingerprint density at radius 1 is 1.25 bits per heavy atom. The van der Waals surface area contributed by atoms with Crippen molar-refractivity contribution in [2.45, 2.75) is 41.5 Å². The Hall–Kier alpha value is -0.570. The Labute approximate surface area is 98.6 Å². The lowest BCUT2D eigenvalue weighted by Gasteiger charge is -2.19. The van der Waals surface area contributed by atoms with Gasteiger partial charge < -0.3 is 10.4 Å². The maximum absolute atomic E-state index is 10.9. The predicted octanol–water partition coefficient (Wildman–Crippen LogP) is 2.37. The van der Waals surface area contributed by atoms with Gasteiger partial charge in [0.15, 0.2) is 0 Å². The van der Waals surface area contributed by atoms with Crippen molar-refractivity contribution in [2.75, 3.05) is 13.1 Å². The molecule has 0 amide bonds. The lowest BCUT2D eigenvalue weighted by atomic mass is 9.94. The number of nitrogens with one attached hydrogen (secondary N) is 1. The van der Waals surface area contributed by atoms with Crippen LogP contribution in [0.2, 0.25) is 0 Å². The van der Waals surface area contributed by atoms with Crippen LogP contribution in [0.3, 0.4) is 0 Å². The van der Waals surface area contributed by atoms with Crippen LogP contribution in [0.4, 0.5) is 0 Å². The van der Waals surface area contributed by atoms with E-state index >= 15 is 0 Å². The van der Waals surface area contributed by atoms with E-state index in [1.165, 1.54) is 0 Å². The summed E-state index contributed by atoms with van der Waals surface area (Å²) in [7, 11) is 0. The van der Waals surface area contributed by atoms with Gasteiger partial charge in [-0.05, 0) is 37.1 Å². The minimum atomic E-state index is -0.741. The number of hydrogen-bond donors (Lipinski definition) is 2. The lowest BCUT2D eigenvalue weighted by Crippen LogP contribution is -2.37. The molecule has 0 bridgehead atoms. The highest BCUT2D eigenvalue weighted by Crippen LogP contribution is 2.67. The van der Waals surface area contributed by atoms with Crippen LogP contribution in [0, 0.1) is 22.2 Å². The molecule has 0 aromatic heterocycles. The molecule has 0 saturated heterocycles. The molecule has 0 unspecified atom stereocenters. The quantitative estimate of drug-likeness (QED) is 0.758. The molecule has 1 aliphatic carbocycles. The minimum absolute atomic E-state index is 0.368. The highest BCUT2D eigenvalue weighted by atomic mass is 16.4. The van der Waals surface area contributed by atoms with Gasteiger partial charge in [0.25, 0.3) is 0 Å². The average molecular weight is 227 g/mol. The summed E-state index contributed by atoms with van der Waals surface area (Å²) in [5, 5.41) is 12.3. The van der Waals surface area contributed by atoms with E-state index in [0.29, 0.717) is 23.3 Å². The van der Waals surface area contributed by atoms with Crippen LogP contribution in [0.25, 0.3) is 0 Å². The highest BCUT2D eigenvalue weighted by molar-refractivity contribution is 5.73. The number of hydrogen-bond acceptors (Lipinski definition) is 2. The van der Waals surface area contributed by atoms with E-state index in [4.69, 9.17) is 5.11 Å². The molecule has 0 aliphatic heterocycles. The molecule has 1 rings (SSSR count). The van der Waals surface area contributed by atoms with Crippen molar-refractivity contribution >= 4 is 5.97 Å². The first-order valence-electron chi connectivity index (χ1n) is 5.97. The molecular weight excluding hydrogens is 202 g/mol. The molecule has 0 heterocycles. The van der Waals surface area contributed by atoms with E-state index < -0.39 is 11.4 Å². The fourth-order valence-corrected chi connectivity index (χ4v) is 2.45. The van der Waals surface area contributed by atoms with Gasteiger partial charge in [0.05, 0.1) is 5.41 Å². The van der Waals surface area contributed by atoms with Crippen molar-refractivity contribution in [2.24, 2.45) is 22.2 Å². The summed E-state index contributed by atoms with van der Waals surface area (Å²) < 4.78 is 0. The molecular formula is C13H25NO2. The van der Waals surface area contributed by atoms with Crippen LogP contribution >= 0.6 is 0 Å². The fraction of sp³-hybridized carbons (Fsp3) is 0.923. The number of rotatable bonds is 5. The van der Waals surface area contributed by atoms with Gasteiger partial charge in [-0.25, -0.2) is 0 Å². The standard InChI is InChI=1S/C13H25NO2/c1-11(2,10(15)16)8-14-7-9-12(3,4)13(9,5)6/h9,14H,7-8H2,1-6H3,(H,15,16). The van der Waals surface area contributed by atoms with E-state index in [-0.39, 0.29) is 0 Å². The SMILES string of the molecule is CC(C)(CNCC1C(C)(C)C1(C)C)C(=O)O. The van der Waals surface area contributed by atoms with Gasteiger partial charge in [-0.1, -0.05) is 27.7 Å². The molecule has 0 spiro atoms. The molecule has 0 aromatic carbocycles. The minimum Gasteiger partial charge on any atom is -0.481 e. The fourth-order valence-electron chi connectivity index (χ4n) is 2.45. The van der Waals surface area contributed by atoms with Crippen molar-refractivity contribution in [3.05, 3.63) is 0 Å². The first-order chi connectivity index (χ1) is 7.03. The second kappa shape index (κ2) is 3.73. The first kappa shape index (κ1) is 13.5. The average Bonchev–Trinajstić information content (AvgIpc) is 2.47. The molecule has 0 radical (unpaired) electrons. The first-order valence-corrected chi connectivity index (χ1v) is 5.97. The van der Waals surface area contributed by atoms with Gasteiger partial charge in [-0.3, -0.25) is 4.79 Å².